The molecule has 0 saturated heterocycles. The summed E-state index contributed by atoms with van der Waals surface area (Å²) in [5, 5.41) is 21.3. The van der Waals surface area contributed by atoms with Crippen molar-refractivity contribution in [2.75, 3.05) is 7.11 Å². The molecule has 2 N–H and O–H groups in total. The number of H-pyrrole nitrogens is 2. The second-order valence-electron chi connectivity index (χ2n) is 7.36. The maximum atomic E-state index is 12.8. The van der Waals surface area contributed by atoms with Gasteiger partial charge in [-0.15, -0.1) is 0 Å². The van der Waals surface area contributed by atoms with E-state index in [2.05, 4.69) is 15.0 Å². The van der Waals surface area contributed by atoms with E-state index in [1.54, 1.807) is 31.4 Å². The highest BCUT2D eigenvalue weighted by atomic mass is 16.6. The van der Waals surface area contributed by atoms with Crippen LogP contribution in [0.1, 0.15) is 5.56 Å². The highest BCUT2D eigenvalue weighted by molar-refractivity contribution is 5.98. The first-order chi connectivity index (χ1) is 16.0. The van der Waals surface area contributed by atoms with Gasteiger partial charge in [-0.25, -0.2) is 4.98 Å². The number of hydrogen-bond acceptors (Lipinski definition) is 6. The van der Waals surface area contributed by atoms with E-state index in [1.807, 2.05) is 36.4 Å². The van der Waals surface area contributed by atoms with Gasteiger partial charge in [0.15, 0.2) is 5.69 Å². The number of rotatable bonds is 4. The van der Waals surface area contributed by atoms with Crippen LogP contribution in [-0.2, 0) is 0 Å². The minimum atomic E-state index is -0.576. The lowest BCUT2D eigenvalue weighted by atomic mass is 10.0. The molecule has 3 aromatic carbocycles. The molecule has 0 saturated carbocycles. The molecule has 33 heavy (non-hydrogen) atoms. The van der Waals surface area contributed by atoms with Crippen molar-refractivity contribution in [3.8, 4) is 34.3 Å². The minimum absolute atomic E-state index is 0.0139. The highest BCUT2D eigenvalue weighted by Crippen LogP contribution is 2.36. The van der Waals surface area contributed by atoms with Crippen LogP contribution in [0.3, 0.4) is 0 Å². The first kappa shape index (κ1) is 20.0. The Morgan fingerprint density at radius 3 is 2.58 bits per heavy atom. The first-order valence-corrected chi connectivity index (χ1v) is 9.87. The van der Waals surface area contributed by atoms with Gasteiger partial charge in [0.2, 0.25) is 0 Å². The Kier molecular flexibility index (Phi) is 4.61. The number of hydrogen-bond donors (Lipinski definition) is 2. The van der Waals surface area contributed by atoms with Gasteiger partial charge < -0.3 is 14.7 Å². The molecule has 2 aromatic heterocycles. The largest absolute Gasteiger partial charge is 0.497 e. The number of nitriles is 1. The molecular weight excluding hydrogens is 422 g/mol. The lowest BCUT2D eigenvalue weighted by Crippen LogP contribution is -2.12. The summed E-state index contributed by atoms with van der Waals surface area (Å²) in [5.74, 6) is 0.702. The second kappa shape index (κ2) is 7.62. The Balaban J connectivity index is 1.73. The predicted octanol–water partition coefficient (Wildman–Crippen LogP) is 4.53. The van der Waals surface area contributed by atoms with Gasteiger partial charge in [-0.2, -0.15) is 5.26 Å². The van der Waals surface area contributed by atoms with Crippen molar-refractivity contribution in [2.24, 2.45) is 0 Å². The molecule has 0 amide bonds. The van der Waals surface area contributed by atoms with Gasteiger partial charge in [-0.3, -0.25) is 14.9 Å². The maximum Gasteiger partial charge on any atom is 0.304 e. The van der Waals surface area contributed by atoms with Crippen LogP contribution in [0.2, 0.25) is 0 Å². The summed E-state index contributed by atoms with van der Waals surface area (Å²) >= 11 is 0. The number of aromatic amines is 2. The van der Waals surface area contributed by atoms with Crippen molar-refractivity contribution in [2.45, 2.75) is 0 Å². The standard InChI is InChI=1S/C24H15N5O4/c1-33-16-4-2-3-14(10-16)15-6-8-19-20(11-15)27-22(24(30)28-19)21-23(29(31)32)17-9-13(12-25)5-7-18(17)26-21/h2-11,26H,1H3,(H,28,30). The third-order valence-electron chi connectivity index (χ3n) is 5.42. The molecule has 160 valence electrons. The Morgan fingerprint density at radius 1 is 1.03 bits per heavy atom. The lowest BCUT2D eigenvalue weighted by molar-refractivity contribution is -0.382. The number of aromatic nitrogens is 3. The van der Waals surface area contributed by atoms with Crippen molar-refractivity contribution in [1.29, 1.82) is 5.26 Å². The summed E-state index contributed by atoms with van der Waals surface area (Å²) in [4.78, 5) is 34.3. The zero-order valence-corrected chi connectivity index (χ0v) is 17.2. The van der Waals surface area contributed by atoms with Crippen LogP contribution in [0.5, 0.6) is 5.75 Å². The van der Waals surface area contributed by atoms with Crippen LogP contribution in [0, 0.1) is 21.4 Å². The Labute approximate surface area is 186 Å². The van der Waals surface area contributed by atoms with E-state index in [-0.39, 0.29) is 28.0 Å². The Hall–Kier alpha value is -4.97. The molecule has 0 radical (unpaired) electrons. The van der Waals surface area contributed by atoms with Crippen LogP contribution in [0.15, 0.2) is 65.5 Å². The van der Waals surface area contributed by atoms with E-state index in [0.717, 1.165) is 11.1 Å². The fourth-order valence-corrected chi connectivity index (χ4v) is 3.84. The first-order valence-electron chi connectivity index (χ1n) is 9.87. The van der Waals surface area contributed by atoms with Crippen LogP contribution >= 0.6 is 0 Å². The minimum Gasteiger partial charge on any atom is -0.497 e. The summed E-state index contributed by atoms with van der Waals surface area (Å²) in [5.41, 5.74) is 2.43. The van der Waals surface area contributed by atoms with Gasteiger partial charge in [0.1, 0.15) is 11.4 Å². The van der Waals surface area contributed by atoms with Crippen LogP contribution in [0.4, 0.5) is 5.69 Å². The van der Waals surface area contributed by atoms with Gasteiger partial charge >= 0.3 is 5.69 Å². The van der Waals surface area contributed by atoms with Crippen molar-refractivity contribution >= 4 is 27.6 Å². The molecule has 0 fully saturated rings. The molecule has 0 aliphatic rings. The summed E-state index contributed by atoms with van der Waals surface area (Å²) in [7, 11) is 1.59. The van der Waals surface area contributed by atoms with E-state index in [9.17, 15) is 14.9 Å². The normalized spacial score (nSPS) is 10.9. The molecule has 0 atom stereocenters. The quantitative estimate of drug-likeness (QED) is 0.313. The molecular formula is C24H15N5O4. The average Bonchev–Trinajstić information content (AvgIpc) is 3.22. The van der Waals surface area contributed by atoms with Crippen LogP contribution in [0.25, 0.3) is 44.5 Å². The van der Waals surface area contributed by atoms with Gasteiger partial charge in [0, 0.05) is 0 Å². The molecule has 5 aromatic rings. The fourth-order valence-electron chi connectivity index (χ4n) is 3.84. The van der Waals surface area contributed by atoms with Gasteiger partial charge in [-0.1, -0.05) is 18.2 Å². The molecule has 0 aliphatic heterocycles. The fraction of sp³-hybridized carbons (Fsp3) is 0.0417. The number of methoxy groups -OCH3 is 1. The molecule has 0 unspecified atom stereocenters. The summed E-state index contributed by atoms with van der Waals surface area (Å²) in [6.07, 6.45) is 0. The van der Waals surface area contributed by atoms with E-state index in [4.69, 9.17) is 10.00 Å². The topological polar surface area (TPSA) is 138 Å². The van der Waals surface area contributed by atoms with Gasteiger partial charge in [0.05, 0.1) is 45.6 Å². The zero-order chi connectivity index (χ0) is 23.1. The molecule has 0 bridgehead atoms. The number of nitrogens with one attached hydrogen (secondary N) is 2. The number of ether oxygens (including phenoxy) is 1. The summed E-state index contributed by atoms with van der Waals surface area (Å²) in [6.45, 7) is 0. The average molecular weight is 437 g/mol. The van der Waals surface area contributed by atoms with Crippen molar-refractivity contribution in [3.63, 3.8) is 0 Å². The van der Waals surface area contributed by atoms with E-state index in [1.165, 1.54) is 6.07 Å². The zero-order valence-electron chi connectivity index (χ0n) is 17.2. The molecule has 9 nitrogen and oxygen atoms in total. The monoisotopic (exact) mass is 437 g/mol. The third kappa shape index (κ3) is 3.36. The summed E-state index contributed by atoms with van der Waals surface area (Å²) in [6, 6.07) is 19.4. The molecule has 9 heteroatoms. The molecule has 2 heterocycles. The number of fused-ring (bicyclic) bond motifs is 2. The summed E-state index contributed by atoms with van der Waals surface area (Å²) < 4.78 is 5.29. The number of benzene rings is 3. The van der Waals surface area contributed by atoms with Gasteiger partial charge in [-0.05, 0) is 53.6 Å². The number of nitro groups is 1. The maximum absolute atomic E-state index is 12.8. The van der Waals surface area contributed by atoms with E-state index >= 15 is 0 Å². The third-order valence-corrected chi connectivity index (χ3v) is 5.42. The van der Waals surface area contributed by atoms with Crippen molar-refractivity contribution in [1.82, 2.24) is 15.0 Å². The van der Waals surface area contributed by atoms with Crippen LogP contribution in [-0.4, -0.2) is 27.0 Å². The smallest absolute Gasteiger partial charge is 0.304 e. The molecule has 0 spiro atoms. The predicted molar refractivity (Wildman–Crippen MR) is 123 cm³/mol. The van der Waals surface area contributed by atoms with E-state index in [0.29, 0.717) is 22.3 Å². The highest BCUT2D eigenvalue weighted by Gasteiger charge is 2.26. The Bertz CT molecular complexity index is 1680. The number of nitrogens with zero attached hydrogens (tertiary/aromatic N) is 3. The lowest BCUT2D eigenvalue weighted by Gasteiger charge is -2.07. The Morgan fingerprint density at radius 2 is 1.82 bits per heavy atom. The van der Waals surface area contributed by atoms with Crippen molar-refractivity contribution < 1.29 is 9.66 Å². The van der Waals surface area contributed by atoms with Crippen molar-refractivity contribution in [3.05, 3.63) is 86.7 Å². The van der Waals surface area contributed by atoms with Crippen LogP contribution < -0.4 is 10.3 Å². The molecule has 0 aliphatic carbocycles. The van der Waals surface area contributed by atoms with Gasteiger partial charge in [0.25, 0.3) is 5.56 Å². The molecule has 5 rings (SSSR count). The van der Waals surface area contributed by atoms with E-state index < -0.39 is 10.5 Å². The SMILES string of the molecule is COc1cccc(-c2ccc3[nH]c(=O)c(-c4[nH]c5ccc(C#N)cc5c4[N+](=O)[O-])nc3c2)c1. The second-order valence-corrected chi connectivity index (χ2v) is 7.36.